The lowest BCUT2D eigenvalue weighted by molar-refractivity contribution is 0.398. The number of aryl methyl sites for hydroxylation is 1. The van der Waals surface area contributed by atoms with E-state index >= 15 is 0 Å². The minimum atomic E-state index is -3.69. The second kappa shape index (κ2) is 5.82. The van der Waals surface area contributed by atoms with Crippen LogP contribution in [0.2, 0.25) is 0 Å². The maximum absolute atomic E-state index is 13.1. The first-order valence-corrected chi connectivity index (χ1v) is 9.41. The summed E-state index contributed by atoms with van der Waals surface area (Å²) in [5, 5.41) is 0. The van der Waals surface area contributed by atoms with Gasteiger partial charge in [0.25, 0.3) is 0 Å². The van der Waals surface area contributed by atoms with Crippen LogP contribution in [0.3, 0.4) is 0 Å². The maximum Gasteiger partial charge on any atom is 0.419 e. The monoisotopic (exact) mass is 359 g/mol. The van der Waals surface area contributed by atoms with Gasteiger partial charge in [-0.15, -0.1) is 0 Å². The predicted octanol–water partition coefficient (Wildman–Crippen LogP) is 1.88. The lowest BCUT2D eigenvalue weighted by Gasteiger charge is -2.22. The number of oxazole rings is 1. The Bertz CT molecular complexity index is 1080. The molecule has 0 unspecified atom stereocenters. The van der Waals surface area contributed by atoms with Crippen LogP contribution >= 0.6 is 0 Å². The fourth-order valence-corrected chi connectivity index (χ4v) is 4.54. The van der Waals surface area contributed by atoms with Crippen molar-refractivity contribution < 1.29 is 12.8 Å². The van der Waals surface area contributed by atoms with Crippen molar-refractivity contribution in [3.05, 3.63) is 58.8 Å². The summed E-state index contributed by atoms with van der Waals surface area (Å²) in [5.74, 6) is -0.514. The van der Waals surface area contributed by atoms with E-state index in [0.717, 1.165) is 18.4 Å². The fraction of sp³-hybridized carbons (Fsp3) is 0.294. The lowest BCUT2D eigenvalue weighted by atomic mass is 10.3. The molecule has 3 aromatic rings. The molecule has 8 heteroatoms. The number of nitrogens with zero attached hydrogens (tertiary/aromatic N) is 3. The van der Waals surface area contributed by atoms with Crippen molar-refractivity contribution in [1.82, 2.24) is 13.9 Å². The first-order valence-electron chi connectivity index (χ1n) is 7.97. The number of fused-ring (bicyclic) bond motifs is 1. The third-order valence-electron chi connectivity index (χ3n) is 4.41. The Balaban J connectivity index is 1.74. The van der Waals surface area contributed by atoms with E-state index < -0.39 is 15.8 Å². The van der Waals surface area contributed by atoms with Crippen LogP contribution in [-0.2, 0) is 23.6 Å². The minimum absolute atomic E-state index is 0.0108. The predicted molar refractivity (Wildman–Crippen MR) is 91.4 cm³/mol. The second-order valence-electron chi connectivity index (χ2n) is 6.19. The highest BCUT2D eigenvalue weighted by molar-refractivity contribution is 7.89. The smallest absolute Gasteiger partial charge is 0.408 e. The third-order valence-corrected chi connectivity index (χ3v) is 6.31. The molecule has 7 nitrogen and oxygen atoms in total. The van der Waals surface area contributed by atoms with E-state index in [4.69, 9.17) is 4.42 Å². The average Bonchev–Trinajstić information content (AvgIpc) is 3.40. The Kier molecular flexibility index (Phi) is 3.73. The molecule has 1 aromatic carbocycles. The van der Waals surface area contributed by atoms with Crippen molar-refractivity contribution in [2.24, 2.45) is 7.05 Å². The minimum Gasteiger partial charge on any atom is -0.408 e. The van der Waals surface area contributed by atoms with Gasteiger partial charge in [0.05, 0.1) is 10.4 Å². The van der Waals surface area contributed by atoms with Gasteiger partial charge in [0.2, 0.25) is 10.0 Å². The molecule has 1 saturated carbocycles. The van der Waals surface area contributed by atoms with E-state index in [1.54, 1.807) is 25.5 Å². The molecule has 4 rings (SSSR count). The second-order valence-corrected chi connectivity index (χ2v) is 8.08. The van der Waals surface area contributed by atoms with E-state index in [-0.39, 0.29) is 16.5 Å². The zero-order valence-corrected chi connectivity index (χ0v) is 14.4. The van der Waals surface area contributed by atoms with Gasteiger partial charge in [-0.05, 0) is 42.7 Å². The summed E-state index contributed by atoms with van der Waals surface area (Å²) in [5.41, 5.74) is 1.72. The summed E-state index contributed by atoms with van der Waals surface area (Å²) in [6.45, 7) is 0.298. The Hall–Kier alpha value is -2.45. The van der Waals surface area contributed by atoms with Gasteiger partial charge >= 0.3 is 5.76 Å². The molecule has 130 valence electrons. The van der Waals surface area contributed by atoms with Crippen LogP contribution in [0.25, 0.3) is 11.1 Å². The van der Waals surface area contributed by atoms with Crippen LogP contribution in [-0.4, -0.2) is 28.3 Å². The van der Waals surface area contributed by atoms with Gasteiger partial charge in [-0.3, -0.25) is 9.55 Å². The standard InChI is InChI=1S/C17H17N3O4S/c1-19-15-5-4-14(10-16(15)24-17(19)21)25(22,23)20(13-2-3-13)11-12-6-8-18-9-7-12/h4-10,13H,2-3,11H2,1H3. The molecule has 2 aromatic heterocycles. The van der Waals surface area contributed by atoms with E-state index in [1.807, 2.05) is 12.1 Å². The Morgan fingerprint density at radius 1 is 1.24 bits per heavy atom. The summed E-state index contributed by atoms with van der Waals surface area (Å²) < 4.78 is 34.3. The molecule has 0 bridgehead atoms. The molecule has 0 radical (unpaired) electrons. The highest BCUT2D eigenvalue weighted by Crippen LogP contribution is 2.34. The number of aromatic nitrogens is 2. The van der Waals surface area contributed by atoms with Gasteiger partial charge in [0.1, 0.15) is 0 Å². The third kappa shape index (κ3) is 2.87. The van der Waals surface area contributed by atoms with Crippen LogP contribution in [0.4, 0.5) is 0 Å². The van der Waals surface area contributed by atoms with E-state index in [9.17, 15) is 13.2 Å². The summed E-state index contributed by atoms with van der Waals surface area (Å²) in [6, 6.07) is 8.18. The van der Waals surface area contributed by atoms with Gasteiger partial charge < -0.3 is 4.42 Å². The largest absolute Gasteiger partial charge is 0.419 e. The summed E-state index contributed by atoms with van der Waals surface area (Å²) >= 11 is 0. The maximum atomic E-state index is 13.1. The number of benzene rings is 1. The van der Waals surface area contributed by atoms with Crippen molar-refractivity contribution >= 4 is 21.1 Å². The molecule has 2 heterocycles. The molecular weight excluding hydrogens is 342 g/mol. The van der Waals surface area contributed by atoms with Crippen LogP contribution in [0.5, 0.6) is 0 Å². The zero-order chi connectivity index (χ0) is 17.6. The number of rotatable bonds is 5. The van der Waals surface area contributed by atoms with Crippen LogP contribution in [0.15, 0.2) is 56.8 Å². The quantitative estimate of drug-likeness (QED) is 0.694. The van der Waals surface area contributed by atoms with Crippen LogP contribution in [0, 0.1) is 0 Å². The molecular formula is C17H17N3O4S. The van der Waals surface area contributed by atoms with Crippen molar-refractivity contribution in [3.8, 4) is 0 Å². The Morgan fingerprint density at radius 2 is 1.96 bits per heavy atom. The first-order chi connectivity index (χ1) is 12.0. The number of sulfonamides is 1. The highest BCUT2D eigenvalue weighted by Gasteiger charge is 2.38. The normalized spacial score (nSPS) is 15.1. The van der Waals surface area contributed by atoms with E-state index in [2.05, 4.69) is 4.98 Å². The molecule has 1 fully saturated rings. The Morgan fingerprint density at radius 3 is 2.64 bits per heavy atom. The van der Waals surface area contributed by atoms with Crippen molar-refractivity contribution in [1.29, 1.82) is 0 Å². The Labute approximate surface area is 144 Å². The number of hydrogen-bond donors (Lipinski definition) is 0. The van der Waals surface area contributed by atoms with E-state index in [0.29, 0.717) is 12.1 Å². The van der Waals surface area contributed by atoms with Gasteiger partial charge in [0, 0.05) is 38.1 Å². The fourth-order valence-electron chi connectivity index (χ4n) is 2.85. The SMILES string of the molecule is Cn1c(=O)oc2cc(S(=O)(=O)N(Cc3ccncc3)C3CC3)ccc21. The molecule has 0 saturated heterocycles. The first kappa shape index (κ1) is 16.0. The van der Waals surface area contributed by atoms with Gasteiger partial charge in [-0.1, -0.05) is 0 Å². The topological polar surface area (TPSA) is 85.4 Å². The average molecular weight is 359 g/mol. The van der Waals surface area contributed by atoms with Crippen LogP contribution < -0.4 is 5.76 Å². The molecule has 1 aliphatic carbocycles. The highest BCUT2D eigenvalue weighted by atomic mass is 32.2. The van der Waals surface area contributed by atoms with Gasteiger partial charge in [-0.25, -0.2) is 13.2 Å². The molecule has 0 aliphatic heterocycles. The lowest BCUT2D eigenvalue weighted by Crippen LogP contribution is -2.32. The zero-order valence-electron chi connectivity index (χ0n) is 13.6. The van der Waals surface area contributed by atoms with Gasteiger partial charge in [-0.2, -0.15) is 4.31 Å². The van der Waals surface area contributed by atoms with Gasteiger partial charge in [0.15, 0.2) is 5.58 Å². The van der Waals surface area contributed by atoms with Crippen LogP contribution in [0.1, 0.15) is 18.4 Å². The number of hydrogen-bond acceptors (Lipinski definition) is 5. The molecule has 0 atom stereocenters. The molecule has 0 N–H and O–H groups in total. The summed E-state index contributed by atoms with van der Waals surface area (Å²) in [4.78, 5) is 15.7. The molecule has 25 heavy (non-hydrogen) atoms. The molecule has 0 amide bonds. The summed E-state index contributed by atoms with van der Waals surface area (Å²) in [7, 11) is -2.10. The number of pyridine rings is 1. The van der Waals surface area contributed by atoms with E-state index in [1.165, 1.54) is 21.0 Å². The van der Waals surface area contributed by atoms with Crippen molar-refractivity contribution in [2.45, 2.75) is 30.3 Å². The van der Waals surface area contributed by atoms with Crippen molar-refractivity contribution in [2.75, 3.05) is 0 Å². The molecule has 0 spiro atoms. The molecule has 1 aliphatic rings. The summed E-state index contributed by atoms with van der Waals surface area (Å²) in [6.07, 6.45) is 5.01. The van der Waals surface area contributed by atoms with Crippen molar-refractivity contribution in [3.63, 3.8) is 0 Å².